The van der Waals surface area contributed by atoms with E-state index in [-0.39, 0.29) is 11.8 Å². The molecule has 6 aromatic carbocycles. The Morgan fingerprint density at radius 2 is 1.35 bits per heavy atom. The van der Waals surface area contributed by atoms with Crippen LogP contribution in [0, 0.1) is 17.8 Å². The molecule has 2 heteroatoms. The molecule has 266 valence electrons. The number of rotatable bonds is 6. The van der Waals surface area contributed by atoms with Crippen LogP contribution in [0.1, 0.15) is 42.4 Å². The first-order chi connectivity index (χ1) is 27.0. The lowest BCUT2D eigenvalue weighted by Gasteiger charge is -2.40. The van der Waals surface area contributed by atoms with E-state index in [1.807, 2.05) is 30.3 Å². The van der Waals surface area contributed by atoms with Crippen LogP contribution in [0.4, 0.5) is 0 Å². The molecule has 0 amide bonds. The average Bonchev–Trinajstić information content (AvgIpc) is 3.25. The Balaban J connectivity index is 1.16. The topological polar surface area (TPSA) is 17.1 Å². The van der Waals surface area contributed by atoms with E-state index in [0.29, 0.717) is 11.8 Å². The van der Waals surface area contributed by atoms with Crippen molar-refractivity contribution in [3.05, 3.63) is 220 Å². The SMILES string of the molecule is CC1C=CC(P(=O)(c2ccccc2)c2cccc(-c3ccc4c(c3)C(c3ccc5ccccc5c3)=C3C=CC=CC3C4C3C=c4ccccc4=CC3)c2)=CC1. The van der Waals surface area contributed by atoms with Crippen LogP contribution in [-0.4, -0.2) is 0 Å². The van der Waals surface area contributed by atoms with Crippen LogP contribution in [0.3, 0.4) is 0 Å². The Kier molecular flexibility index (Phi) is 8.50. The van der Waals surface area contributed by atoms with Gasteiger partial charge in [0.25, 0.3) is 0 Å². The second-order valence-electron chi connectivity index (χ2n) is 15.6. The van der Waals surface area contributed by atoms with Gasteiger partial charge in [-0.05, 0) is 103 Å². The molecule has 0 N–H and O–H groups in total. The van der Waals surface area contributed by atoms with E-state index in [0.717, 1.165) is 39.9 Å². The molecule has 4 aliphatic carbocycles. The van der Waals surface area contributed by atoms with Crippen molar-refractivity contribution in [2.75, 3.05) is 0 Å². The van der Waals surface area contributed by atoms with Crippen LogP contribution >= 0.6 is 7.14 Å². The van der Waals surface area contributed by atoms with Gasteiger partial charge in [0.1, 0.15) is 0 Å². The Bertz CT molecular complexity index is 2830. The summed E-state index contributed by atoms with van der Waals surface area (Å²) < 4.78 is 15.6. The third kappa shape index (κ3) is 5.90. The molecule has 6 aromatic rings. The monoisotopic (exact) mass is 726 g/mol. The highest BCUT2D eigenvalue weighted by atomic mass is 31.2. The Morgan fingerprint density at radius 1 is 0.582 bits per heavy atom. The number of allylic oxidation sites excluding steroid dienone is 9. The number of hydrogen-bond acceptors (Lipinski definition) is 1. The molecule has 0 bridgehead atoms. The Labute approximate surface area is 324 Å². The maximum absolute atomic E-state index is 15.6. The first-order valence-electron chi connectivity index (χ1n) is 19.7. The minimum Gasteiger partial charge on any atom is -0.309 e. The van der Waals surface area contributed by atoms with Gasteiger partial charge in [-0.25, -0.2) is 0 Å². The second kappa shape index (κ2) is 13.8. The highest BCUT2D eigenvalue weighted by Crippen LogP contribution is 2.55. The van der Waals surface area contributed by atoms with Crippen molar-refractivity contribution in [1.82, 2.24) is 0 Å². The fraction of sp³-hybridized carbons (Fsp3) is 0.132. The molecule has 0 fully saturated rings. The molecule has 4 aliphatic rings. The van der Waals surface area contributed by atoms with Crippen LogP contribution in [0.25, 0.3) is 39.6 Å². The van der Waals surface area contributed by atoms with Gasteiger partial charge >= 0.3 is 0 Å². The normalized spacial score (nSPS) is 22.1. The van der Waals surface area contributed by atoms with Gasteiger partial charge in [-0.3, -0.25) is 0 Å². The lowest BCUT2D eigenvalue weighted by molar-refractivity contribution is 0.462. The summed E-state index contributed by atoms with van der Waals surface area (Å²) in [6, 6.07) is 50.2. The maximum Gasteiger partial charge on any atom is 0.170 e. The van der Waals surface area contributed by atoms with Crippen molar-refractivity contribution in [3.63, 3.8) is 0 Å². The van der Waals surface area contributed by atoms with E-state index in [4.69, 9.17) is 0 Å². The summed E-state index contributed by atoms with van der Waals surface area (Å²) in [5.74, 6) is 1.33. The molecule has 0 saturated heterocycles. The van der Waals surface area contributed by atoms with Crippen molar-refractivity contribution in [2.45, 2.75) is 25.7 Å². The Morgan fingerprint density at radius 3 is 2.20 bits per heavy atom. The molecule has 5 atom stereocenters. The highest BCUT2D eigenvalue weighted by molar-refractivity contribution is 7.82. The first kappa shape index (κ1) is 33.8. The summed E-state index contributed by atoms with van der Waals surface area (Å²) in [5.41, 5.74) is 8.84. The van der Waals surface area contributed by atoms with Gasteiger partial charge in [-0.1, -0.05) is 183 Å². The molecule has 0 aliphatic heterocycles. The molecule has 1 nitrogen and oxygen atoms in total. The van der Waals surface area contributed by atoms with Gasteiger partial charge in [-0.15, -0.1) is 0 Å². The molecule has 0 aromatic heterocycles. The van der Waals surface area contributed by atoms with Gasteiger partial charge < -0.3 is 4.57 Å². The van der Waals surface area contributed by atoms with Crippen molar-refractivity contribution >= 4 is 46.2 Å². The predicted octanol–water partition coefficient (Wildman–Crippen LogP) is 11.2. The third-order valence-corrected chi connectivity index (χ3v) is 15.3. The lowest BCUT2D eigenvalue weighted by atomic mass is 9.63. The zero-order valence-corrected chi connectivity index (χ0v) is 31.9. The fourth-order valence-electron chi connectivity index (χ4n) is 9.45. The van der Waals surface area contributed by atoms with Gasteiger partial charge in [0, 0.05) is 27.8 Å². The number of benzene rings is 6. The molecular weight excluding hydrogens is 684 g/mol. The van der Waals surface area contributed by atoms with Crippen LogP contribution in [-0.2, 0) is 4.57 Å². The minimum absolute atomic E-state index is 0.254. The van der Waals surface area contributed by atoms with E-state index < -0.39 is 7.14 Å². The molecule has 55 heavy (non-hydrogen) atoms. The van der Waals surface area contributed by atoms with E-state index in [1.165, 1.54) is 49.0 Å². The zero-order valence-electron chi connectivity index (χ0n) is 31.1. The maximum atomic E-state index is 15.6. The third-order valence-electron chi connectivity index (χ3n) is 12.2. The van der Waals surface area contributed by atoms with Gasteiger partial charge in [0.05, 0.1) is 0 Å². The molecule has 0 saturated carbocycles. The standard InChI is InChI=1S/C53H43OP/c1-36-22-29-46(30-23-36)55(54,45-17-3-2-4-18-45)47-19-11-16-41(34-47)42-28-31-50-51(35-42)53(44-27-25-38-13-6-8-15-40(38)33-44)49-21-10-9-20-48(49)52(50)43-26-24-37-12-5-7-14-39(37)32-43/h2-22,24-25,27-36,43,48,52H,23,26H2,1H3. The molecule has 5 unspecified atom stereocenters. The average molecular weight is 727 g/mol. The van der Waals surface area contributed by atoms with Crippen molar-refractivity contribution in [1.29, 1.82) is 0 Å². The summed E-state index contributed by atoms with van der Waals surface area (Å²) in [7, 11) is -3.11. The van der Waals surface area contributed by atoms with Crippen LogP contribution in [0.5, 0.6) is 0 Å². The zero-order chi connectivity index (χ0) is 36.9. The van der Waals surface area contributed by atoms with Crippen molar-refractivity contribution in [2.24, 2.45) is 17.8 Å². The molecule has 0 spiro atoms. The molecule has 10 rings (SSSR count). The summed E-state index contributed by atoms with van der Waals surface area (Å²) >= 11 is 0. The highest BCUT2D eigenvalue weighted by Gasteiger charge is 2.39. The van der Waals surface area contributed by atoms with E-state index in [9.17, 15) is 0 Å². The quantitative estimate of drug-likeness (QED) is 0.156. The van der Waals surface area contributed by atoms with Crippen molar-refractivity contribution < 1.29 is 4.57 Å². The van der Waals surface area contributed by atoms with Gasteiger partial charge in [0.15, 0.2) is 7.14 Å². The summed E-state index contributed by atoms with van der Waals surface area (Å²) in [6.45, 7) is 2.21. The van der Waals surface area contributed by atoms with Crippen molar-refractivity contribution in [3.8, 4) is 11.1 Å². The lowest BCUT2D eigenvalue weighted by Crippen LogP contribution is -2.33. The summed E-state index contributed by atoms with van der Waals surface area (Å²) in [4.78, 5) is 0. The Hall–Kier alpha value is -5.75. The summed E-state index contributed by atoms with van der Waals surface area (Å²) in [5, 5.41) is 7.83. The fourth-order valence-corrected chi connectivity index (χ4v) is 12.2. The molecule has 0 heterocycles. The smallest absolute Gasteiger partial charge is 0.170 e. The number of hydrogen-bond donors (Lipinski definition) is 0. The van der Waals surface area contributed by atoms with E-state index in [1.54, 1.807) is 0 Å². The second-order valence-corrected chi connectivity index (χ2v) is 18.4. The van der Waals surface area contributed by atoms with Crippen LogP contribution < -0.4 is 21.0 Å². The van der Waals surface area contributed by atoms with Gasteiger partial charge in [0.2, 0.25) is 0 Å². The van der Waals surface area contributed by atoms with E-state index in [2.05, 4.69) is 171 Å². The van der Waals surface area contributed by atoms with E-state index >= 15 is 4.57 Å². The van der Waals surface area contributed by atoms with Gasteiger partial charge in [-0.2, -0.15) is 0 Å². The predicted molar refractivity (Wildman–Crippen MR) is 233 cm³/mol. The number of fused-ring (bicyclic) bond motifs is 4. The minimum atomic E-state index is -3.11. The van der Waals surface area contributed by atoms with Crippen LogP contribution in [0.15, 0.2) is 193 Å². The first-order valence-corrected chi connectivity index (χ1v) is 21.4. The summed E-state index contributed by atoms with van der Waals surface area (Å²) in [6.07, 6.45) is 22.6. The molecular formula is C53H43OP. The largest absolute Gasteiger partial charge is 0.309 e. The van der Waals surface area contributed by atoms with Crippen LogP contribution in [0.2, 0.25) is 0 Å². The molecule has 0 radical (unpaired) electrons.